The number of carbonyl (C=O) groups excluding carboxylic acids is 1. The molecule has 1 fully saturated rings. The Bertz CT molecular complexity index is 981. The number of hydrogen-bond donors (Lipinski definition) is 2. The number of benzene rings is 1. The summed E-state index contributed by atoms with van der Waals surface area (Å²) in [6, 6.07) is 9.94. The second-order valence-corrected chi connectivity index (χ2v) is 7.37. The summed E-state index contributed by atoms with van der Waals surface area (Å²) in [5, 5.41) is 12.1. The highest BCUT2D eigenvalue weighted by Gasteiger charge is 2.36. The van der Waals surface area contributed by atoms with Gasteiger partial charge in [0.1, 0.15) is 0 Å². The molecule has 4 rings (SSSR count). The average Bonchev–Trinajstić information content (AvgIpc) is 2.64. The summed E-state index contributed by atoms with van der Waals surface area (Å²) in [7, 11) is 0. The molecule has 1 saturated heterocycles. The van der Waals surface area contributed by atoms with Crippen molar-refractivity contribution < 1.29 is 14.7 Å². The number of aromatic nitrogens is 1. The number of hydrogen-bond acceptors (Lipinski definition) is 3. The number of urea groups is 1. The van der Waals surface area contributed by atoms with Gasteiger partial charge >= 0.3 is 12.0 Å². The molecular formula is C20H21N3O4. The quantitative estimate of drug-likeness (QED) is 0.853. The summed E-state index contributed by atoms with van der Waals surface area (Å²) in [4.78, 5) is 37.9. The SMILES string of the molecule is Cc1ccc(NC(=O)N2C[C@@H]3C[C@@H](C2)c2cccc(=O)n2C3)cc1C(=O)O. The second-order valence-electron chi connectivity index (χ2n) is 7.37. The van der Waals surface area contributed by atoms with Gasteiger partial charge in [0.25, 0.3) is 5.56 Å². The van der Waals surface area contributed by atoms with Crippen molar-refractivity contribution >= 4 is 17.7 Å². The highest BCUT2D eigenvalue weighted by molar-refractivity contribution is 5.94. The fourth-order valence-electron chi connectivity index (χ4n) is 4.20. The van der Waals surface area contributed by atoms with Gasteiger partial charge in [0.2, 0.25) is 0 Å². The number of rotatable bonds is 2. The normalized spacial score (nSPS) is 20.7. The third kappa shape index (κ3) is 3.20. The van der Waals surface area contributed by atoms with Crippen molar-refractivity contribution in [3.8, 4) is 0 Å². The fraction of sp³-hybridized carbons (Fsp3) is 0.350. The van der Waals surface area contributed by atoms with Gasteiger partial charge in [-0.3, -0.25) is 4.79 Å². The molecule has 0 saturated carbocycles. The van der Waals surface area contributed by atoms with Gasteiger partial charge in [0, 0.05) is 43.0 Å². The molecule has 27 heavy (non-hydrogen) atoms. The van der Waals surface area contributed by atoms with E-state index < -0.39 is 5.97 Å². The molecule has 2 atom stereocenters. The first-order valence-electron chi connectivity index (χ1n) is 9.02. The molecule has 0 unspecified atom stereocenters. The van der Waals surface area contributed by atoms with Crippen molar-refractivity contribution in [3.05, 3.63) is 63.6 Å². The van der Waals surface area contributed by atoms with E-state index in [2.05, 4.69) is 5.32 Å². The van der Waals surface area contributed by atoms with Crippen molar-refractivity contribution in [2.45, 2.75) is 25.8 Å². The van der Waals surface area contributed by atoms with Crippen molar-refractivity contribution in [1.82, 2.24) is 9.47 Å². The van der Waals surface area contributed by atoms with Crippen LogP contribution in [0.1, 0.15) is 34.0 Å². The highest BCUT2D eigenvalue weighted by Crippen LogP contribution is 2.35. The Balaban J connectivity index is 1.52. The molecule has 1 aromatic carbocycles. The maximum atomic E-state index is 12.7. The number of anilines is 1. The zero-order valence-electron chi connectivity index (χ0n) is 15.0. The molecule has 0 spiro atoms. The fourth-order valence-corrected chi connectivity index (χ4v) is 4.20. The lowest BCUT2D eigenvalue weighted by Gasteiger charge is -2.42. The zero-order chi connectivity index (χ0) is 19.1. The predicted molar refractivity (Wildman–Crippen MR) is 100 cm³/mol. The number of piperidine rings is 1. The number of amides is 2. The minimum atomic E-state index is -1.02. The van der Waals surface area contributed by atoms with Crippen LogP contribution in [0.4, 0.5) is 10.5 Å². The van der Waals surface area contributed by atoms with E-state index in [-0.39, 0.29) is 29.0 Å². The predicted octanol–water partition coefficient (Wildman–Crippen LogP) is 2.51. The number of pyridine rings is 1. The molecule has 3 heterocycles. The van der Waals surface area contributed by atoms with Gasteiger partial charge in [-0.2, -0.15) is 0 Å². The van der Waals surface area contributed by atoms with Crippen LogP contribution in [0.25, 0.3) is 0 Å². The smallest absolute Gasteiger partial charge is 0.336 e. The maximum absolute atomic E-state index is 12.7. The first-order chi connectivity index (χ1) is 12.9. The number of carboxylic acids is 1. The molecular weight excluding hydrogens is 346 g/mol. The summed E-state index contributed by atoms with van der Waals surface area (Å²) in [5.74, 6) is -0.627. The van der Waals surface area contributed by atoms with Crippen LogP contribution >= 0.6 is 0 Å². The maximum Gasteiger partial charge on any atom is 0.336 e. The number of carbonyl (C=O) groups is 2. The lowest BCUT2D eigenvalue weighted by atomic mass is 9.83. The van der Waals surface area contributed by atoms with E-state index in [1.165, 1.54) is 6.07 Å². The van der Waals surface area contributed by atoms with Gasteiger partial charge in [-0.25, -0.2) is 9.59 Å². The Morgan fingerprint density at radius 2 is 1.96 bits per heavy atom. The third-order valence-corrected chi connectivity index (χ3v) is 5.49. The van der Waals surface area contributed by atoms with Gasteiger partial charge in [-0.05, 0) is 43.0 Å². The number of fused-ring (bicyclic) bond motifs is 4. The van der Waals surface area contributed by atoms with Crippen LogP contribution in [-0.2, 0) is 6.54 Å². The van der Waals surface area contributed by atoms with Crippen LogP contribution in [0.15, 0.2) is 41.2 Å². The van der Waals surface area contributed by atoms with Crippen molar-refractivity contribution in [2.24, 2.45) is 5.92 Å². The lowest BCUT2D eigenvalue weighted by molar-refractivity contribution is 0.0696. The molecule has 2 aromatic rings. The molecule has 0 aliphatic carbocycles. The Morgan fingerprint density at radius 1 is 1.15 bits per heavy atom. The van der Waals surface area contributed by atoms with E-state index in [0.717, 1.165) is 12.1 Å². The summed E-state index contributed by atoms with van der Waals surface area (Å²) in [6.07, 6.45) is 0.973. The van der Waals surface area contributed by atoms with Gasteiger partial charge in [-0.15, -0.1) is 0 Å². The molecule has 2 bridgehead atoms. The van der Waals surface area contributed by atoms with Gasteiger partial charge < -0.3 is 19.9 Å². The first kappa shape index (κ1) is 17.3. The number of likely N-dealkylation sites (tertiary alicyclic amines) is 1. The summed E-state index contributed by atoms with van der Waals surface area (Å²) >= 11 is 0. The highest BCUT2D eigenvalue weighted by atomic mass is 16.4. The van der Waals surface area contributed by atoms with E-state index >= 15 is 0 Å². The van der Waals surface area contributed by atoms with E-state index in [1.807, 2.05) is 10.6 Å². The minimum Gasteiger partial charge on any atom is -0.478 e. The Kier molecular flexibility index (Phi) is 4.22. The molecule has 2 aliphatic heterocycles. The molecule has 0 radical (unpaired) electrons. The van der Waals surface area contributed by atoms with E-state index in [9.17, 15) is 19.5 Å². The number of carboxylic acid groups (broad SMARTS) is 1. The van der Waals surface area contributed by atoms with E-state index in [4.69, 9.17) is 0 Å². The van der Waals surface area contributed by atoms with Crippen LogP contribution < -0.4 is 10.9 Å². The van der Waals surface area contributed by atoms with Crippen LogP contribution in [0.5, 0.6) is 0 Å². The summed E-state index contributed by atoms with van der Waals surface area (Å²) in [6.45, 7) is 3.48. The van der Waals surface area contributed by atoms with Gasteiger partial charge in [0.05, 0.1) is 5.56 Å². The molecule has 2 aliphatic rings. The third-order valence-electron chi connectivity index (χ3n) is 5.49. The van der Waals surface area contributed by atoms with Gasteiger partial charge in [0.15, 0.2) is 0 Å². The largest absolute Gasteiger partial charge is 0.478 e. The Morgan fingerprint density at radius 3 is 2.74 bits per heavy atom. The van der Waals surface area contributed by atoms with Crippen LogP contribution in [0.2, 0.25) is 0 Å². The molecule has 140 valence electrons. The number of aromatic carboxylic acids is 1. The van der Waals surface area contributed by atoms with Crippen molar-refractivity contribution in [1.29, 1.82) is 0 Å². The average molecular weight is 367 g/mol. The molecule has 7 nitrogen and oxygen atoms in total. The second kappa shape index (κ2) is 6.57. The van der Waals surface area contributed by atoms with Crippen LogP contribution in [0, 0.1) is 12.8 Å². The van der Waals surface area contributed by atoms with Crippen molar-refractivity contribution in [2.75, 3.05) is 18.4 Å². The molecule has 2 amide bonds. The molecule has 7 heteroatoms. The van der Waals surface area contributed by atoms with Gasteiger partial charge in [-0.1, -0.05) is 12.1 Å². The summed E-state index contributed by atoms with van der Waals surface area (Å²) < 4.78 is 1.83. The minimum absolute atomic E-state index is 0.0148. The zero-order valence-corrected chi connectivity index (χ0v) is 15.0. The van der Waals surface area contributed by atoms with E-state index in [1.54, 1.807) is 36.1 Å². The summed E-state index contributed by atoms with van der Waals surface area (Å²) in [5.41, 5.74) is 2.29. The van der Waals surface area contributed by atoms with Crippen LogP contribution in [-0.4, -0.2) is 39.7 Å². The molecule has 2 N–H and O–H groups in total. The Hall–Kier alpha value is -3.09. The number of nitrogens with one attached hydrogen (secondary N) is 1. The Labute approximate surface area is 156 Å². The van der Waals surface area contributed by atoms with Crippen LogP contribution in [0.3, 0.4) is 0 Å². The topological polar surface area (TPSA) is 91.6 Å². The number of nitrogens with zero attached hydrogens (tertiary/aromatic N) is 2. The van der Waals surface area contributed by atoms with Crippen molar-refractivity contribution in [3.63, 3.8) is 0 Å². The first-order valence-corrected chi connectivity index (χ1v) is 9.02. The number of aryl methyl sites for hydroxylation is 1. The standard InChI is InChI=1S/C20H21N3O4/c1-12-5-6-15(8-16(12)19(25)26)21-20(27)22-9-13-7-14(11-22)17-3-2-4-18(24)23(17)10-13/h2-6,8,13-14H,7,9-11H2,1H3,(H,21,27)(H,25,26)/t13-,14-/m0/s1. The van der Waals surface area contributed by atoms with E-state index in [0.29, 0.717) is 30.9 Å². The lowest BCUT2D eigenvalue weighted by Crippen LogP contribution is -2.50. The monoisotopic (exact) mass is 367 g/mol. The molecule has 1 aromatic heterocycles.